The van der Waals surface area contributed by atoms with Crippen LogP contribution in [0.2, 0.25) is 0 Å². The van der Waals surface area contributed by atoms with Gasteiger partial charge in [0.2, 0.25) is 5.91 Å². The summed E-state index contributed by atoms with van der Waals surface area (Å²) in [7, 11) is 0. The Hall–Kier alpha value is -2.35. The van der Waals surface area contributed by atoms with Crippen molar-refractivity contribution in [2.45, 2.75) is 26.9 Å². The molecule has 0 saturated carbocycles. The molecule has 0 fully saturated rings. The molecule has 1 aromatic rings. The van der Waals surface area contributed by atoms with Crippen LogP contribution in [-0.4, -0.2) is 18.0 Å². The first-order valence-corrected chi connectivity index (χ1v) is 5.48. The fourth-order valence-corrected chi connectivity index (χ4v) is 1.62. The first-order chi connectivity index (χ1) is 8.42. The minimum absolute atomic E-state index is 0.373. The summed E-state index contributed by atoms with van der Waals surface area (Å²) in [4.78, 5) is 22.7. The highest BCUT2D eigenvalue weighted by Crippen LogP contribution is 2.08. The van der Waals surface area contributed by atoms with Crippen LogP contribution in [0, 0.1) is 25.2 Å². The van der Waals surface area contributed by atoms with Gasteiger partial charge in [-0.1, -0.05) is 17.2 Å². The predicted molar refractivity (Wildman–Crippen MR) is 66.6 cm³/mol. The molecule has 1 atom stereocenters. The number of amides is 2. The zero-order valence-electron chi connectivity index (χ0n) is 10.6. The van der Waals surface area contributed by atoms with E-state index in [9.17, 15) is 9.59 Å². The lowest BCUT2D eigenvalue weighted by Gasteiger charge is -2.12. The number of benzene rings is 1. The molecule has 18 heavy (non-hydrogen) atoms. The molecule has 0 aliphatic rings. The highest BCUT2D eigenvalue weighted by molar-refractivity contribution is 5.95. The van der Waals surface area contributed by atoms with Crippen molar-refractivity contribution in [3.63, 3.8) is 0 Å². The first-order valence-electron chi connectivity index (χ1n) is 5.48. The quantitative estimate of drug-likeness (QED) is 0.780. The van der Waals surface area contributed by atoms with Crippen molar-refractivity contribution in [2.24, 2.45) is 0 Å². The Kier molecular flexibility index (Phi) is 4.44. The second-order valence-corrected chi connectivity index (χ2v) is 4.11. The van der Waals surface area contributed by atoms with E-state index in [1.165, 1.54) is 6.92 Å². The van der Waals surface area contributed by atoms with Gasteiger partial charge in [0.05, 0.1) is 0 Å². The zero-order valence-corrected chi connectivity index (χ0v) is 10.6. The standard InChI is InChI=1S/C13H15N3O2/c1-8-4-9(2)6-11(5-8)13(18)16-12(7-14)15-10(3)17/h4-6,12H,1-3H3,(H,15,17)(H,16,18). The molecular formula is C13H15N3O2. The summed E-state index contributed by atoms with van der Waals surface area (Å²) in [6, 6.07) is 7.20. The average Bonchev–Trinajstić information content (AvgIpc) is 2.26. The number of nitrogens with zero attached hydrogens (tertiary/aromatic N) is 1. The molecule has 94 valence electrons. The Morgan fingerprint density at radius 1 is 1.17 bits per heavy atom. The molecule has 0 aliphatic heterocycles. The van der Waals surface area contributed by atoms with Crippen molar-refractivity contribution in [3.8, 4) is 6.07 Å². The maximum Gasteiger partial charge on any atom is 0.253 e. The highest BCUT2D eigenvalue weighted by Gasteiger charge is 2.13. The van der Waals surface area contributed by atoms with E-state index in [0.717, 1.165) is 11.1 Å². The van der Waals surface area contributed by atoms with Crippen LogP contribution in [0.5, 0.6) is 0 Å². The SMILES string of the molecule is CC(=O)NC(C#N)NC(=O)c1cc(C)cc(C)c1. The lowest BCUT2D eigenvalue weighted by molar-refractivity contribution is -0.119. The second-order valence-electron chi connectivity index (χ2n) is 4.11. The molecule has 1 unspecified atom stereocenters. The van der Waals surface area contributed by atoms with E-state index in [0.29, 0.717) is 5.56 Å². The van der Waals surface area contributed by atoms with Gasteiger partial charge < -0.3 is 10.6 Å². The lowest BCUT2D eigenvalue weighted by atomic mass is 10.1. The van der Waals surface area contributed by atoms with Gasteiger partial charge in [-0.15, -0.1) is 0 Å². The van der Waals surface area contributed by atoms with Crippen molar-refractivity contribution in [2.75, 3.05) is 0 Å². The van der Waals surface area contributed by atoms with E-state index in [1.54, 1.807) is 18.2 Å². The molecule has 0 saturated heterocycles. The number of hydrogen-bond acceptors (Lipinski definition) is 3. The number of nitrogens with one attached hydrogen (secondary N) is 2. The van der Waals surface area contributed by atoms with Crippen molar-refractivity contribution >= 4 is 11.8 Å². The third-order valence-electron chi connectivity index (χ3n) is 2.24. The fraction of sp³-hybridized carbons (Fsp3) is 0.308. The monoisotopic (exact) mass is 245 g/mol. The third-order valence-corrected chi connectivity index (χ3v) is 2.24. The number of nitriles is 1. The van der Waals surface area contributed by atoms with Gasteiger partial charge in [0.1, 0.15) is 6.07 Å². The van der Waals surface area contributed by atoms with E-state index >= 15 is 0 Å². The van der Waals surface area contributed by atoms with Gasteiger partial charge in [-0.3, -0.25) is 9.59 Å². The second kappa shape index (κ2) is 5.82. The number of carbonyl (C=O) groups is 2. The molecule has 1 rings (SSSR count). The van der Waals surface area contributed by atoms with Crippen LogP contribution in [0.25, 0.3) is 0 Å². The number of carbonyl (C=O) groups excluding carboxylic acids is 2. The smallest absolute Gasteiger partial charge is 0.253 e. The Balaban J connectivity index is 2.81. The molecule has 0 radical (unpaired) electrons. The number of rotatable bonds is 3. The maximum atomic E-state index is 11.9. The Labute approximate surface area is 106 Å². The van der Waals surface area contributed by atoms with Gasteiger partial charge >= 0.3 is 0 Å². The summed E-state index contributed by atoms with van der Waals surface area (Å²) < 4.78 is 0. The molecule has 0 heterocycles. The normalized spacial score (nSPS) is 11.2. The summed E-state index contributed by atoms with van der Waals surface area (Å²) >= 11 is 0. The average molecular weight is 245 g/mol. The topological polar surface area (TPSA) is 82.0 Å². The van der Waals surface area contributed by atoms with Crippen LogP contribution in [0.3, 0.4) is 0 Å². The van der Waals surface area contributed by atoms with Gasteiger partial charge in [0.25, 0.3) is 5.91 Å². The van der Waals surface area contributed by atoms with Crippen LogP contribution < -0.4 is 10.6 Å². The molecule has 0 aliphatic carbocycles. The van der Waals surface area contributed by atoms with E-state index in [2.05, 4.69) is 10.6 Å². The van der Waals surface area contributed by atoms with Crippen LogP contribution >= 0.6 is 0 Å². The minimum Gasteiger partial charge on any atom is -0.324 e. The Morgan fingerprint density at radius 3 is 2.17 bits per heavy atom. The number of hydrogen-bond donors (Lipinski definition) is 2. The summed E-state index contributed by atoms with van der Waals surface area (Å²) in [6.45, 7) is 5.06. The zero-order chi connectivity index (χ0) is 13.7. The molecule has 1 aromatic carbocycles. The summed E-state index contributed by atoms with van der Waals surface area (Å²) in [5.74, 6) is -0.760. The van der Waals surface area contributed by atoms with Crippen molar-refractivity contribution in [3.05, 3.63) is 34.9 Å². The first kappa shape index (κ1) is 13.7. The molecule has 0 bridgehead atoms. The van der Waals surface area contributed by atoms with Crippen LogP contribution in [-0.2, 0) is 4.79 Å². The van der Waals surface area contributed by atoms with E-state index in [4.69, 9.17) is 5.26 Å². The van der Waals surface area contributed by atoms with E-state index < -0.39 is 6.17 Å². The Morgan fingerprint density at radius 2 is 1.72 bits per heavy atom. The van der Waals surface area contributed by atoms with Gasteiger partial charge in [0, 0.05) is 12.5 Å². The summed E-state index contributed by atoms with van der Waals surface area (Å²) in [5, 5.41) is 13.6. The molecule has 5 heteroatoms. The van der Waals surface area contributed by atoms with Gasteiger partial charge in [-0.2, -0.15) is 5.26 Å². The van der Waals surface area contributed by atoms with Crippen molar-refractivity contribution < 1.29 is 9.59 Å². The van der Waals surface area contributed by atoms with Gasteiger partial charge in [-0.25, -0.2) is 0 Å². The fourth-order valence-electron chi connectivity index (χ4n) is 1.62. The van der Waals surface area contributed by atoms with Gasteiger partial charge in [-0.05, 0) is 26.0 Å². The van der Waals surface area contributed by atoms with Gasteiger partial charge in [0.15, 0.2) is 6.17 Å². The lowest BCUT2D eigenvalue weighted by Crippen LogP contribution is -2.46. The third kappa shape index (κ3) is 3.91. The maximum absolute atomic E-state index is 11.9. The largest absolute Gasteiger partial charge is 0.324 e. The van der Waals surface area contributed by atoms with Crippen LogP contribution in [0.15, 0.2) is 18.2 Å². The van der Waals surface area contributed by atoms with E-state index in [-0.39, 0.29) is 11.8 Å². The molecule has 5 nitrogen and oxygen atoms in total. The molecule has 2 N–H and O–H groups in total. The van der Waals surface area contributed by atoms with Crippen molar-refractivity contribution in [1.82, 2.24) is 10.6 Å². The van der Waals surface area contributed by atoms with E-state index in [1.807, 2.05) is 19.9 Å². The highest BCUT2D eigenvalue weighted by atomic mass is 16.2. The van der Waals surface area contributed by atoms with Crippen LogP contribution in [0.1, 0.15) is 28.4 Å². The number of aryl methyl sites for hydroxylation is 2. The predicted octanol–water partition coefficient (Wildman–Crippen LogP) is 1.02. The van der Waals surface area contributed by atoms with Crippen LogP contribution in [0.4, 0.5) is 0 Å². The van der Waals surface area contributed by atoms with Crippen molar-refractivity contribution in [1.29, 1.82) is 5.26 Å². The minimum atomic E-state index is -1.02. The molecule has 0 aromatic heterocycles. The Bertz CT molecular complexity index is 497. The molecule has 0 spiro atoms. The summed E-state index contributed by atoms with van der Waals surface area (Å²) in [6.07, 6.45) is -1.02. The molecule has 2 amide bonds. The summed E-state index contributed by atoms with van der Waals surface area (Å²) in [5.41, 5.74) is 2.40. The molecular weight excluding hydrogens is 230 g/mol.